The van der Waals surface area contributed by atoms with Crippen LogP contribution in [0.15, 0.2) is 0 Å². The zero-order chi connectivity index (χ0) is 12.0. The predicted octanol–water partition coefficient (Wildman–Crippen LogP) is 2.84. The molecule has 0 fully saturated rings. The molecule has 0 heterocycles. The molecule has 3 amide bonds. The lowest BCUT2D eigenvalue weighted by molar-refractivity contribution is -0.126. The Morgan fingerprint density at radius 3 is 2.27 bits per heavy atom. The number of carbonyl (C=O) groups excluding carboxylic acids is 2. The van der Waals surface area contributed by atoms with E-state index in [1.807, 2.05) is 22.9 Å². The Labute approximate surface area is 118 Å². The number of carbonyl (C=O) groups is 2. The average Bonchev–Trinajstić information content (AvgIpc) is 2.22. The molecule has 0 aliphatic heterocycles. The van der Waals surface area contributed by atoms with Gasteiger partial charge in [0.15, 0.2) is 0 Å². The van der Waals surface area contributed by atoms with Crippen LogP contribution in [-0.4, -0.2) is 38.0 Å². The third-order valence-electron chi connectivity index (χ3n) is 1.96. The number of alkyl halides is 1. The molecule has 4 nitrogen and oxygen atoms in total. The molecule has 88 valence electrons. The van der Waals surface area contributed by atoms with E-state index < -0.39 is 0 Å². The Morgan fingerprint density at radius 1 is 1.33 bits per heavy atom. The van der Waals surface area contributed by atoms with Crippen molar-refractivity contribution in [2.24, 2.45) is 0 Å². The van der Waals surface area contributed by atoms with Gasteiger partial charge in [-0.3, -0.25) is 12.8 Å². The minimum atomic E-state index is -0.279. The van der Waals surface area contributed by atoms with Crippen molar-refractivity contribution in [2.75, 3.05) is 14.1 Å². The lowest BCUT2D eigenvalue weighted by Crippen LogP contribution is -2.41. The highest BCUT2D eigenvalue weighted by Gasteiger charge is 2.24. The highest BCUT2D eigenvalue weighted by molar-refractivity contribution is 14.1. The minimum absolute atomic E-state index is 0.104. The van der Waals surface area contributed by atoms with Gasteiger partial charge in [-0.1, -0.05) is 42.4 Å². The highest BCUT2D eigenvalue weighted by atomic mass is 127. The molecule has 1 unspecified atom stereocenters. The summed E-state index contributed by atoms with van der Waals surface area (Å²) in [5.74, 6) is -0.113. The molecule has 0 rings (SSSR count). The van der Waals surface area contributed by atoms with Crippen LogP contribution in [0.25, 0.3) is 0 Å². The van der Waals surface area contributed by atoms with Gasteiger partial charge in [0.1, 0.15) is 0 Å². The fourth-order valence-corrected chi connectivity index (χ4v) is 2.20. The average molecular weight is 438 g/mol. The van der Waals surface area contributed by atoms with E-state index >= 15 is 0 Å². The minimum Gasteiger partial charge on any atom is -0.273 e. The Hall–Kier alpha value is 0.400. The molecule has 0 saturated heterocycles. The SMILES string of the molecule is CCCCC(I)C(=O)N(C)C(=O)N(C)I. The highest BCUT2D eigenvalue weighted by Crippen LogP contribution is 2.14. The van der Waals surface area contributed by atoms with Crippen molar-refractivity contribution in [3.8, 4) is 0 Å². The van der Waals surface area contributed by atoms with E-state index in [-0.39, 0.29) is 15.9 Å². The van der Waals surface area contributed by atoms with Gasteiger partial charge in [0.25, 0.3) is 0 Å². The van der Waals surface area contributed by atoms with Crippen LogP contribution in [0.1, 0.15) is 26.2 Å². The molecule has 0 saturated carbocycles. The fourth-order valence-electron chi connectivity index (χ4n) is 1.02. The first-order valence-electron chi connectivity index (χ1n) is 4.76. The van der Waals surface area contributed by atoms with E-state index in [0.29, 0.717) is 0 Å². The summed E-state index contributed by atoms with van der Waals surface area (Å²) >= 11 is 3.96. The van der Waals surface area contributed by atoms with Gasteiger partial charge >= 0.3 is 6.03 Å². The Bertz CT molecular complexity index is 234. The molecule has 0 aliphatic rings. The normalized spacial score (nSPS) is 12.1. The van der Waals surface area contributed by atoms with Crippen LogP contribution in [-0.2, 0) is 4.79 Å². The molecule has 0 radical (unpaired) electrons. The van der Waals surface area contributed by atoms with Crippen LogP contribution in [0, 0.1) is 0 Å². The first-order valence-corrected chi connectivity index (χ1v) is 6.98. The maximum atomic E-state index is 11.8. The van der Waals surface area contributed by atoms with Crippen molar-refractivity contribution >= 4 is 57.4 Å². The lowest BCUT2D eigenvalue weighted by Gasteiger charge is -2.21. The van der Waals surface area contributed by atoms with Crippen molar-refractivity contribution in [3.05, 3.63) is 0 Å². The van der Waals surface area contributed by atoms with Crippen LogP contribution in [0.3, 0.4) is 0 Å². The van der Waals surface area contributed by atoms with E-state index in [9.17, 15) is 9.59 Å². The molecule has 6 heteroatoms. The van der Waals surface area contributed by atoms with Crippen LogP contribution < -0.4 is 0 Å². The number of hydrogen-bond acceptors (Lipinski definition) is 2. The van der Waals surface area contributed by atoms with Crippen molar-refractivity contribution < 1.29 is 9.59 Å². The molecule has 0 spiro atoms. The van der Waals surface area contributed by atoms with Crippen molar-refractivity contribution in [1.29, 1.82) is 0 Å². The third-order valence-corrected chi connectivity index (χ3v) is 3.53. The van der Waals surface area contributed by atoms with Crippen LogP contribution >= 0.6 is 45.5 Å². The summed E-state index contributed by atoms with van der Waals surface area (Å²) in [6.07, 6.45) is 2.91. The lowest BCUT2D eigenvalue weighted by atomic mass is 10.2. The van der Waals surface area contributed by atoms with Crippen LogP contribution in [0.4, 0.5) is 4.79 Å². The first kappa shape index (κ1) is 15.4. The van der Waals surface area contributed by atoms with E-state index in [1.54, 1.807) is 7.05 Å². The van der Waals surface area contributed by atoms with Gasteiger partial charge < -0.3 is 0 Å². The van der Waals surface area contributed by atoms with Gasteiger partial charge in [-0.15, -0.1) is 0 Å². The maximum Gasteiger partial charge on any atom is 0.334 e. The number of unbranched alkanes of at least 4 members (excludes halogenated alkanes) is 1. The molecular weight excluding hydrogens is 422 g/mol. The van der Waals surface area contributed by atoms with Gasteiger partial charge in [-0.25, -0.2) is 4.79 Å². The molecule has 0 bridgehead atoms. The Kier molecular flexibility index (Phi) is 7.84. The molecule has 0 aliphatic carbocycles. The standard InChI is InChI=1S/C9H16I2N2O2/c1-4-5-6-7(10)8(14)12(2)9(15)13(3)11/h7H,4-6H2,1-3H3. The number of nitrogens with zero attached hydrogens (tertiary/aromatic N) is 2. The summed E-state index contributed by atoms with van der Waals surface area (Å²) in [5, 5.41) is 0. The third kappa shape index (κ3) is 5.32. The number of amides is 3. The summed E-state index contributed by atoms with van der Waals surface area (Å²) in [5.41, 5.74) is 0. The van der Waals surface area contributed by atoms with Crippen LogP contribution in [0.5, 0.6) is 0 Å². The molecule has 0 N–H and O–H groups in total. The largest absolute Gasteiger partial charge is 0.334 e. The quantitative estimate of drug-likeness (QED) is 0.385. The second-order valence-corrected chi connectivity index (χ2v) is 6.22. The Balaban J connectivity index is 4.24. The fraction of sp³-hybridized carbons (Fsp3) is 0.778. The molecule has 1 atom stereocenters. The van der Waals surface area contributed by atoms with Gasteiger partial charge in [-0.2, -0.15) is 0 Å². The summed E-state index contributed by atoms with van der Waals surface area (Å²) < 4.78 is 1.27. The zero-order valence-corrected chi connectivity index (χ0v) is 13.5. The van der Waals surface area contributed by atoms with Crippen molar-refractivity contribution in [2.45, 2.75) is 30.1 Å². The van der Waals surface area contributed by atoms with E-state index in [2.05, 4.69) is 29.5 Å². The van der Waals surface area contributed by atoms with Gasteiger partial charge in [0, 0.05) is 14.1 Å². The van der Waals surface area contributed by atoms with Gasteiger partial charge in [0.2, 0.25) is 5.91 Å². The second kappa shape index (κ2) is 7.64. The molecule has 15 heavy (non-hydrogen) atoms. The zero-order valence-electron chi connectivity index (χ0n) is 9.17. The molecular formula is C9H16I2N2O2. The topological polar surface area (TPSA) is 40.6 Å². The van der Waals surface area contributed by atoms with Gasteiger partial charge in [0.05, 0.1) is 26.8 Å². The van der Waals surface area contributed by atoms with Crippen molar-refractivity contribution in [1.82, 2.24) is 8.01 Å². The monoisotopic (exact) mass is 438 g/mol. The smallest absolute Gasteiger partial charge is 0.273 e. The number of urea groups is 1. The second-order valence-electron chi connectivity index (χ2n) is 3.27. The number of rotatable bonds is 4. The first-order chi connectivity index (χ1) is 6.91. The van der Waals surface area contributed by atoms with E-state index in [0.717, 1.165) is 19.3 Å². The molecule has 0 aromatic rings. The number of imide groups is 1. The maximum absolute atomic E-state index is 11.8. The number of hydrogen-bond donors (Lipinski definition) is 0. The summed E-state index contributed by atoms with van der Waals surface area (Å²) in [4.78, 5) is 24.4. The van der Waals surface area contributed by atoms with E-state index in [4.69, 9.17) is 0 Å². The predicted molar refractivity (Wildman–Crippen MR) is 77.3 cm³/mol. The molecule has 0 aromatic carbocycles. The van der Waals surface area contributed by atoms with E-state index in [1.165, 1.54) is 15.1 Å². The summed E-state index contributed by atoms with van der Waals surface area (Å²) in [7, 11) is 3.15. The summed E-state index contributed by atoms with van der Waals surface area (Å²) in [6, 6.07) is -0.279. The Morgan fingerprint density at radius 2 is 1.87 bits per heavy atom. The summed E-state index contributed by atoms with van der Waals surface area (Å²) in [6.45, 7) is 2.08. The van der Waals surface area contributed by atoms with Crippen LogP contribution in [0.2, 0.25) is 0 Å². The number of halogens is 2. The molecule has 0 aromatic heterocycles. The van der Waals surface area contributed by atoms with Gasteiger partial charge in [-0.05, 0) is 6.42 Å². The van der Waals surface area contributed by atoms with Crippen molar-refractivity contribution in [3.63, 3.8) is 0 Å².